The van der Waals surface area contributed by atoms with Crippen LogP contribution < -0.4 is 4.90 Å². The molecule has 0 unspecified atom stereocenters. The molecule has 0 aliphatic carbocycles. The van der Waals surface area contributed by atoms with Crippen LogP contribution in [0.15, 0.2) is 42.7 Å². The zero-order valence-electron chi connectivity index (χ0n) is 13.5. The predicted octanol–water partition coefficient (Wildman–Crippen LogP) is 3.57. The van der Waals surface area contributed by atoms with Crippen LogP contribution in [0.2, 0.25) is 5.02 Å². The van der Waals surface area contributed by atoms with Crippen molar-refractivity contribution >= 4 is 23.2 Å². The topological polar surface area (TPSA) is 36.4 Å². The average Bonchev–Trinajstić information content (AvgIpc) is 3.08. The van der Waals surface area contributed by atoms with Crippen LogP contribution in [0.3, 0.4) is 0 Å². The third kappa shape index (κ3) is 2.86. The van der Waals surface area contributed by atoms with Gasteiger partial charge in [-0.15, -0.1) is 0 Å². The van der Waals surface area contributed by atoms with Crippen LogP contribution in [-0.4, -0.2) is 42.0 Å². The van der Waals surface area contributed by atoms with Gasteiger partial charge in [-0.3, -0.25) is 9.78 Å². The molecular formula is C19H20ClN3O. The maximum Gasteiger partial charge on any atom is 0.253 e. The molecule has 124 valence electrons. The van der Waals surface area contributed by atoms with Gasteiger partial charge in [-0.2, -0.15) is 0 Å². The standard InChI is InChI=1S/C19H20ClN3O/c20-17-11-15(3-4-18(17)22-9-1-2-10-22)19(24)23-12-16(13-23)14-5-7-21-8-6-14/h3-8,11,16H,1-2,9-10,12-13H2. The molecule has 2 saturated heterocycles. The van der Waals surface area contributed by atoms with E-state index in [0.717, 1.165) is 31.9 Å². The van der Waals surface area contributed by atoms with E-state index in [2.05, 4.69) is 9.88 Å². The molecule has 2 aliphatic heterocycles. The molecule has 0 saturated carbocycles. The van der Waals surface area contributed by atoms with Gasteiger partial charge in [0.05, 0.1) is 10.7 Å². The lowest BCUT2D eigenvalue weighted by atomic mass is 9.91. The van der Waals surface area contributed by atoms with Gasteiger partial charge in [-0.1, -0.05) is 11.6 Å². The van der Waals surface area contributed by atoms with E-state index in [-0.39, 0.29) is 5.91 Å². The maximum absolute atomic E-state index is 12.6. The molecule has 2 fully saturated rings. The molecule has 1 amide bonds. The van der Waals surface area contributed by atoms with Crippen LogP contribution in [0, 0.1) is 0 Å². The number of carbonyl (C=O) groups excluding carboxylic acids is 1. The first kappa shape index (κ1) is 15.5. The molecule has 0 radical (unpaired) electrons. The fraction of sp³-hybridized carbons (Fsp3) is 0.368. The van der Waals surface area contributed by atoms with Crippen LogP contribution in [0.4, 0.5) is 5.69 Å². The summed E-state index contributed by atoms with van der Waals surface area (Å²) in [7, 11) is 0. The SMILES string of the molecule is O=C(c1ccc(N2CCCC2)c(Cl)c1)N1CC(c2ccncc2)C1. The Labute approximate surface area is 147 Å². The van der Waals surface area contributed by atoms with Crippen LogP contribution >= 0.6 is 11.6 Å². The highest BCUT2D eigenvalue weighted by molar-refractivity contribution is 6.33. The van der Waals surface area contributed by atoms with Crippen molar-refractivity contribution in [1.82, 2.24) is 9.88 Å². The Kier molecular flexibility index (Phi) is 4.15. The van der Waals surface area contributed by atoms with Crippen molar-refractivity contribution in [2.24, 2.45) is 0 Å². The number of anilines is 1. The van der Waals surface area contributed by atoms with Crippen molar-refractivity contribution in [3.63, 3.8) is 0 Å². The van der Waals surface area contributed by atoms with Gasteiger partial charge in [0.25, 0.3) is 5.91 Å². The summed E-state index contributed by atoms with van der Waals surface area (Å²) < 4.78 is 0. The minimum atomic E-state index is 0.0650. The van der Waals surface area contributed by atoms with E-state index in [1.54, 1.807) is 12.4 Å². The van der Waals surface area contributed by atoms with Gasteiger partial charge in [0, 0.05) is 50.1 Å². The van der Waals surface area contributed by atoms with E-state index in [0.29, 0.717) is 16.5 Å². The summed E-state index contributed by atoms with van der Waals surface area (Å²) in [6.45, 7) is 3.61. The molecule has 24 heavy (non-hydrogen) atoms. The van der Waals surface area contributed by atoms with Crippen molar-refractivity contribution in [3.8, 4) is 0 Å². The van der Waals surface area contributed by atoms with Gasteiger partial charge in [0.1, 0.15) is 0 Å². The molecule has 5 heteroatoms. The summed E-state index contributed by atoms with van der Waals surface area (Å²) >= 11 is 6.42. The molecule has 2 aromatic rings. The summed E-state index contributed by atoms with van der Waals surface area (Å²) in [4.78, 5) is 20.8. The third-order valence-electron chi connectivity index (χ3n) is 4.99. The first-order valence-electron chi connectivity index (χ1n) is 8.46. The van der Waals surface area contributed by atoms with E-state index in [1.165, 1.54) is 18.4 Å². The monoisotopic (exact) mass is 341 g/mol. The van der Waals surface area contributed by atoms with Crippen LogP contribution in [-0.2, 0) is 0 Å². The molecule has 0 bridgehead atoms. The van der Waals surface area contributed by atoms with E-state index < -0.39 is 0 Å². The summed E-state index contributed by atoms with van der Waals surface area (Å²) in [6, 6.07) is 9.75. The Hall–Kier alpha value is -2.07. The number of halogens is 1. The second-order valence-electron chi connectivity index (χ2n) is 6.55. The highest BCUT2D eigenvalue weighted by atomic mass is 35.5. The molecule has 4 rings (SSSR count). The van der Waals surface area contributed by atoms with Crippen molar-refractivity contribution in [3.05, 3.63) is 58.9 Å². The predicted molar refractivity (Wildman–Crippen MR) is 95.8 cm³/mol. The highest BCUT2D eigenvalue weighted by Gasteiger charge is 2.32. The molecular weight excluding hydrogens is 322 g/mol. The smallest absolute Gasteiger partial charge is 0.253 e. The zero-order chi connectivity index (χ0) is 16.5. The Balaban J connectivity index is 1.43. The maximum atomic E-state index is 12.6. The quantitative estimate of drug-likeness (QED) is 0.856. The van der Waals surface area contributed by atoms with E-state index in [1.807, 2.05) is 35.2 Å². The number of hydrogen-bond acceptors (Lipinski definition) is 3. The minimum Gasteiger partial charge on any atom is -0.370 e. The Bertz CT molecular complexity index is 738. The van der Waals surface area contributed by atoms with Gasteiger partial charge < -0.3 is 9.80 Å². The zero-order valence-corrected chi connectivity index (χ0v) is 14.2. The summed E-state index contributed by atoms with van der Waals surface area (Å²) in [5, 5.41) is 0.675. The molecule has 1 aromatic carbocycles. The van der Waals surface area contributed by atoms with E-state index in [4.69, 9.17) is 11.6 Å². The van der Waals surface area contributed by atoms with Crippen LogP contribution in [0.5, 0.6) is 0 Å². The summed E-state index contributed by atoms with van der Waals surface area (Å²) in [5.74, 6) is 0.478. The molecule has 3 heterocycles. The van der Waals surface area contributed by atoms with Crippen molar-refractivity contribution in [2.45, 2.75) is 18.8 Å². The molecule has 4 nitrogen and oxygen atoms in total. The lowest BCUT2D eigenvalue weighted by molar-refractivity contribution is 0.0602. The van der Waals surface area contributed by atoms with Crippen LogP contribution in [0.1, 0.15) is 34.7 Å². The lowest BCUT2D eigenvalue weighted by Crippen LogP contribution is -2.48. The number of amides is 1. The van der Waals surface area contributed by atoms with Crippen molar-refractivity contribution < 1.29 is 4.79 Å². The number of aromatic nitrogens is 1. The molecule has 1 aromatic heterocycles. The fourth-order valence-corrected chi connectivity index (χ4v) is 3.83. The highest BCUT2D eigenvalue weighted by Crippen LogP contribution is 2.32. The van der Waals surface area contributed by atoms with E-state index >= 15 is 0 Å². The van der Waals surface area contributed by atoms with Crippen LogP contribution in [0.25, 0.3) is 0 Å². The molecule has 2 aliphatic rings. The number of benzene rings is 1. The first-order chi connectivity index (χ1) is 11.7. The fourth-order valence-electron chi connectivity index (χ4n) is 3.53. The number of pyridine rings is 1. The Morgan fingerprint density at radius 3 is 2.46 bits per heavy atom. The molecule has 0 N–H and O–H groups in total. The third-order valence-corrected chi connectivity index (χ3v) is 5.29. The average molecular weight is 342 g/mol. The minimum absolute atomic E-state index is 0.0650. The van der Waals surface area contributed by atoms with E-state index in [9.17, 15) is 4.79 Å². The van der Waals surface area contributed by atoms with Gasteiger partial charge in [-0.25, -0.2) is 0 Å². The molecule has 0 spiro atoms. The first-order valence-corrected chi connectivity index (χ1v) is 8.84. The van der Waals surface area contributed by atoms with Gasteiger partial charge in [0.2, 0.25) is 0 Å². The lowest BCUT2D eigenvalue weighted by Gasteiger charge is -2.39. The second kappa shape index (κ2) is 6.44. The van der Waals surface area contributed by atoms with Crippen molar-refractivity contribution in [2.75, 3.05) is 31.1 Å². The Morgan fingerprint density at radius 1 is 1.08 bits per heavy atom. The number of hydrogen-bond donors (Lipinski definition) is 0. The number of nitrogens with zero attached hydrogens (tertiary/aromatic N) is 3. The van der Waals surface area contributed by atoms with Gasteiger partial charge in [-0.05, 0) is 48.7 Å². The Morgan fingerprint density at radius 2 is 1.79 bits per heavy atom. The number of likely N-dealkylation sites (tertiary alicyclic amines) is 1. The summed E-state index contributed by atoms with van der Waals surface area (Å²) in [5.41, 5.74) is 2.97. The number of rotatable bonds is 3. The van der Waals surface area contributed by atoms with Gasteiger partial charge >= 0.3 is 0 Å². The largest absolute Gasteiger partial charge is 0.370 e. The summed E-state index contributed by atoms with van der Waals surface area (Å²) in [6.07, 6.45) is 6.02. The van der Waals surface area contributed by atoms with Crippen molar-refractivity contribution in [1.29, 1.82) is 0 Å². The van der Waals surface area contributed by atoms with Gasteiger partial charge in [0.15, 0.2) is 0 Å². The normalized spacial score (nSPS) is 17.9. The second-order valence-corrected chi connectivity index (χ2v) is 6.96. The number of carbonyl (C=O) groups is 1. The molecule has 0 atom stereocenters.